The fraction of sp³-hybridized carbons (Fsp3) is 0.357. The van der Waals surface area contributed by atoms with Gasteiger partial charge < -0.3 is 20.3 Å². The maximum absolute atomic E-state index is 12.1. The summed E-state index contributed by atoms with van der Waals surface area (Å²) < 4.78 is 0. The molecule has 1 atom stereocenters. The number of aliphatic hydroxyl groups excluding tert-OH is 1. The normalized spacial score (nSPS) is 17.9. The number of hydrogen-bond donors (Lipinski definition) is 3. The maximum Gasteiger partial charge on any atom is 0.268 e. The zero-order valence-electron chi connectivity index (χ0n) is 11.7. The molecule has 0 aliphatic carbocycles. The van der Waals surface area contributed by atoms with Gasteiger partial charge in [0.05, 0.1) is 18.2 Å². The van der Waals surface area contributed by atoms with Crippen LogP contribution in [0.25, 0.3) is 10.9 Å². The van der Waals surface area contributed by atoms with Crippen molar-refractivity contribution in [3.63, 3.8) is 0 Å². The van der Waals surface area contributed by atoms with E-state index in [1.165, 1.54) is 0 Å². The molecule has 2 amide bonds. The molecule has 1 unspecified atom stereocenters. The van der Waals surface area contributed by atoms with E-state index in [2.05, 4.69) is 15.3 Å². The van der Waals surface area contributed by atoms with E-state index >= 15 is 0 Å². The summed E-state index contributed by atoms with van der Waals surface area (Å²) in [6.45, 7) is 0.748. The van der Waals surface area contributed by atoms with Crippen LogP contribution in [0.2, 0.25) is 5.15 Å². The lowest BCUT2D eigenvalue weighted by molar-refractivity contribution is -0.129. The highest BCUT2D eigenvalue weighted by Gasteiger charge is 2.24. The maximum atomic E-state index is 12.1. The number of hydrogen-bond acceptors (Lipinski definition) is 4. The second kappa shape index (κ2) is 5.94. The fourth-order valence-electron chi connectivity index (χ4n) is 2.45. The highest BCUT2D eigenvalue weighted by atomic mass is 35.5. The fourth-order valence-corrected chi connectivity index (χ4v) is 2.61. The third-order valence-electron chi connectivity index (χ3n) is 3.63. The molecule has 1 saturated heterocycles. The van der Waals surface area contributed by atoms with Gasteiger partial charge in [-0.2, -0.15) is 0 Å². The number of aliphatic hydroxyl groups is 1. The van der Waals surface area contributed by atoms with Crippen molar-refractivity contribution < 1.29 is 14.7 Å². The first-order chi connectivity index (χ1) is 10.5. The lowest BCUT2D eigenvalue weighted by Gasteiger charge is -2.15. The van der Waals surface area contributed by atoms with Crippen molar-refractivity contribution >= 4 is 34.3 Å². The number of carbonyl (C=O) groups is 2. The van der Waals surface area contributed by atoms with Crippen LogP contribution in [0.3, 0.4) is 0 Å². The second-order valence-electron chi connectivity index (χ2n) is 5.24. The number of carbonyl (C=O) groups excluding carboxylic acids is 2. The third kappa shape index (κ3) is 3.05. The molecule has 1 aliphatic rings. The van der Waals surface area contributed by atoms with E-state index in [-0.39, 0.29) is 18.4 Å². The van der Waals surface area contributed by atoms with Crippen molar-refractivity contribution in [1.29, 1.82) is 0 Å². The SMILES string of the molecule is O=C(NCC(=O)N1CCC(O)C1)c1cc2cnc(Cl)cc2[nH]1. The van der Waals surface area contributed by atoms with Gasteiger partial charge in [0.2, 0.25) is 5.91 Å². The van der Waals surface area contributed by atoms with Gasteiger partial charge in [0.15, 0.2) is 0 Å². The molecule has 1 fully saturated rings. The van der Waals surface area contributed by atoms with Crippen LogP contribution in [-0.4, -0.2) is 57.5 Å². The number of fused-ring (bicyclic) bond motifs is 1. The van der Waals surface area contributed by atoms with Crippen LogP contribution in [0.4, 0.5) is 0 Å². The summed E-state index contributed by atoms with van der Waals surface area (Å²) in [5, 5.41) is 13.1. The number of likely N-dealkylation sites (tertiary alicyclic amines) is 1. The number of aromatic amines is 1. The van der Waals surface area contributed by atoms with Gasteiger partial charge in [0.25, 0.3) is 5.91 Å². The van der Waals surface area contributed by atoms with Crippen molar-refractivity contribution in [2.45, 2.75) is 12.5 Å². The number of rotatable bonds is 3. The van der Waals surface area contributed by atoms with E-state index in [4.69, 9.17) is 11.6 Å². The Morgan fingerprint density at radius 2 is 2.32 bits per heavy atom. The summed E-state index contributed by atoms with van der Waals surface area (Å²) in [6, 6.07) is 3.28. The summed E-state index contributed by atoms with van der Waals surface area (Å²) in [5.74, 6) is -0.578. The minimum Gasteiger partial charge on any atom is -0.391 e. The van der Waals surface area contributed by atoms with Gasteiger partial charge in [-0.15, -0.1) is 0 Å². The van der Waals surface area contributed by atoms with E-state index in [9.17, 15) is 14.7 Å². The molecule has 22 heavy (non-hydrogen) atoms. The summed E-state index contributed by atoms with van der Waals surface area (Å²) in [5.41, 5.74) is 1.05. The molecule has 0 radical (unpaired) electrons. The molecular formula is C14H15ClN4O3. The number of nitrogens with one attached hydrogen (secondary N) is 2. The number of H-pyrrole nitrogens is 1. The first-order valence-electron chi connectivity index (χ1n) is 6.91. The summed E-state index contributed by atoms with van der Waals surface area (Å²) in [6.07, 6.45) is 1.68. The van der Waals surface area contributed by atoms with Crippen molar-refractivity contribution in [1.82, 2.24) is 20.2 Å². The second-order valence-corrected chi connectivity index (χ2v) is 5.63. The molecular weight excluding hydrogens is 308 g/mol. The van der Waals surface area contributed by atoms with E-state index in [1.54, 1.807) is 23.2 Å². The predicted octanol–water partition coefficient (Wildman–Crippen LogP) is 0.539. The summed E-state index contributed by atoms with van der Waals surface area (Å²) >= 11 is 5.79. The van der Waals surface area contributed by atoms with E-state index in [0.29, 0.717) is 35.9 Å². The van der Waals surface area contributed by atoms with Crippen LogP contribution in [0.5, 0.6) is 0 Å². The van der Waals surface area contributed by atoms with E-state index < -0.39 is 6.10 Å². The molecule has 0 spiro atoms. The number of nitrogens with zero attached hydrogens (tertiary/aromatic N) is 2. The highest BCUT2D eigenvalue weighted by Crippen LogP contribution is 2.17. The van der Waals surface area contributed by atoms with Crippen molar-refractivity contribution in [3.8, 4) is 0 Å². The number of β-amino-alcohol motifs (C(OH)–C–C–N with tert-alkyl or cyclic N) is 1. The van der Waals surface area contributed by atoms with Crippen LogP contribution in [0.1, 0.15) is 16.9 Å². The average molecular weight is 323 g/mol. The first-order valence-corrected chi connectivity index (χ1v) is 7.29. The predicted molar refractivity (Wildman–Crippen MR) is 80.6 cm³/mol. The van der Waals surface area contributed by atoms with E-state index in [1.807, 2.05) is 0 Å². The third-order valence-corrected chi connectivity index (χ3v) is 3.84. The Morgan fingerprint density at radius 3 is 3.05 bits per heavy atom. The summed E-state index contributed by atoms with van der Waals surface area (Å²) in [7, 11) is 0. The van der Waals surface area contributed by atoms with Crippen LogP contribution in [0.15, 0.2) is 18.3 Å². The van der Waals surface area contributed by atoms with Crippen molar-refractivity contribution in [2.75, 3.05) is 19.6 Å². The van der Waals surface area contributed by atoms with Gasteiger partial charge in [-0.25, -0.2) is 4.98 Å². The molecule has 3 rings (SSSR count). The molecule has 7 nitrogen and oxygen atoms in total. The zero-order chi connectivity index (χ0) is 15.7. The smallest absolute Gasteiger partial charge is 0.268 e. The number of halogens is 1. The topological polar surface area (TPSA) is 98.3 Å². The Morgan fingerprint density at radius 1 is 1.50 bits per heavy atom. The van der Waals surface area contributed by atoms with Crippen LogP contribution < -0.4 is 5.32 Å². The van der Waals surface area contributed by atoms with Gasteiger partial charge in [-0.05, 0) is 18.6 Å². The molecule has 2 aromatic rings. The van der Waals surface area contributed by atoms with Gasteiger partial charge in [0.1, 0.15) is 10.8 Å². The highest BCUT2D eigenvalue weighted by molar-refractivity contribution is 6.30. The van der Waals surface area contributed by atoms with Gasteiger partial charge in [0, 0.05) is 24.7 Å². The minimum atomic E-state index is -0.467. The Bertz CT molecular complexity index is 730. The molecule has 1 aliphatic heterocycles. The Labute approximate surface area is 131 Å². The Hall–Kier alpha value is -2.12. The van der Waals surface area contributed by atoms with Crippen molar-refractivity contribution in [3.05, 3.63) is 29.2 Å². The van der Waals surface area contributed by atoms with E-state index in [0.717, 1.165) is 5.39 Å². The quantitative estimate of drug-likeness (QED) is 0.718. The molecule has 3 heterocycles. The van der Waals surface area contributed by atoms with Gasteiger partial charge in [-0.3, -0.25) is 9.59 Å². The number of aromatic nitrogens is 2. The Kier molecular flexibility index (Phi) is 4.00. The molecule has 0 saturated carbocycles. The molecule has 0 aromatic carbocycles. The van der Waals surface area contributed by atoms with Crippen LogP contribution in [-0.2, 0) is 4.79 Å². The largest absolute Gasteiger partial charge is 0.391 e. The molecule has 116 valence electrons. The summed E-state index contributed by atoms with van der Waals surface area (Å²) in [4.78, 5) is 32.4. The van der Waals surface area contributed by atoms with Gasteiger partial charge >= 0.3 is 0 Å². The average Bonchev–Trinajstić information content (AvgIpc) is 3.10. The monoisotopic (exact) mass is 322 g/mol. The zero-order valence-corrected chi connectivity index (χ0v) is 12.4. The van der Waals surface area contributed by atoms with Gasteiger partial charge in [-0.1, -0.05) is 11.6 Å². The van der Waals surface area contributed by atoms with Crippen molar-refractivity contribution in [2.24, 2.45) is 0 Å². The molecule has 0 bridgehead atoms. The lowest BCUT2D eigenvalue weighted by Crippen LogP contribution is -2.39. The minimum absolute atomic E-state index is 0.0973. The molecule has 8 heteroatoms. The standard InChI is InChI=1S/C14H15ClN4O3/c15-12-4-10-8(5-16-12)3-11(18-10)14(22)17-6-13(21)19-2-1-9(20)7-19/h3-5,9,18,20H,1-2,6-7H2,(H,17,22). The first kappa shape index (κ1) is 14.8. The van der Waals surface area contributed by atoms with Crippen LogP contribution >= 0.6 is 11.6 Å². The molecule has 2 aromatic heterocycles. The van der Waals surface area contributed by atoms with Crippen LogP contribution in [0, 0.1) is 0 Å². The number of amides is 2. The lowest BCUT2D eigenvalue weighted by atomic mass is 10.3. The Balaban J connectivity index is 1.62. The molecule has 3 N–H and O–H groups in total. The number of pyridine rings is 1.